The Bertz CT molecular complexity index is 1240. The Hall–Kier alpha value is -3.92. The van der Waals surface area contributed by atoms with Crippen molar-refractivity contribution in [2.45, 2.75) is 0 Å². The van der Waals surface area contributed by atoms with E-state index in [9.17, 15) is 24.5 Å². The zero-order valence-electron chi connectivity index (χ0n) is 13.8. The molecule has 0 saturated carbocycles. The lowest BCUT2D eigenvalue weighted by Gasteiger charge is -2.01. The van der Waals surface area contributed by atoms with E-state index in [0.717, 1.165) is 6.08 Å². The average Bonchev–Trinajstić information content (AvgIpc) is 3.07. The fourth-order valence-electron chi connectivity index (χ4n) is 2.40. The Labute approximate surface area is 159 Å². The normalized spacial score (nSPS) is 11.0. The lowest BCUT2D eigenvalue weighted by atomic mass is 10.1. The molecule has 0 aliphatic heterocycles. The molecule has 0 amide bonds. The summed E-state index contributed by atoms with van der Waals surface area (Å²) in [4.78, 5) is 48.0. The van der Waals surface area contributed by atoms with Gasteiger partial charge in [0.15, 0.2) is 0 Å². The van der Waals surface area contributed by atoms with Crippen molar-refractivity contribution in [1.29, 1.82) is 0 Å². The van der Waals surface area contributed by atoms with E-state index in [1.807, 2.05) is 0 Å². The maximum Gasteiger partial charge on any atom is 0.357 e. The van der Waals surface area contributed by atoms with Gasteiger partial charge in [0.1, 0.15) is 17.2 Å². The van der Waals surface area contributed by atoms with Crippen LogP contribution in [0.25, 0.3) is 23.5 Å². The number of hydrogen-bond acceptors (Lipinski definition) is 6. The van der Waals surface area contributed by atoms with Gasteiger partial charge >= 0.3 is 22.9 Å². The van der Waals surface area contributed by atoms with Crippen LogP contribution in [0, 0.1) is 10.1 Å². The molecular formula is C17H10ClN3O7. The fraction of sp³-hybridized carbons (Fsp3) is 0. The second-order valence-electron chi connectivity index (χ2n) is 5.46. The fourth-order valence-corrected chi connectivity index (χ4v) is 2.67. The Kier molecular flexibility index (Phi) is 4.96. The van der Waals surface area contributed by atoms with Crippen LogP contribution in [0.3, 0.4) is 0 Å². The molecule has 0 bridgehead atoms. The van der Waals surface area contributed by atoms with Gasteiger partial charge in [-0.25, -0.2) is 9.59 Å². The number of aromatic nitrogens is 2. The van der Waals surface area contributed by atoms with Gasteiger partial charge in [0, 0.05) is 5.56 Å². The Morgan fingerprint density at radius 3 is 2.57 bits per heavy atom. The van der Waals surface area contributed by atoms with Crippen molar-refractivity contribution in [3.63, 3.8) is 0 Å². The molecule has 10 nitrogen and oxygen atoms in total. The molecule has 0 radical (unpaired) electrons. The number of rotatable bonds is 5. The SMILES string of the molecule is O=C(O)c1ccc(-c2ccc(/C=C/c3[nH]c(=O)[nH]c(=O)c3[N+](=O)[O-])o2)cc1Cl. The highest BCUT2D eigenvalue weighted by Gasteiger charge is 2.19. The molecule has 0 atom stereocenters. The largest absolute Gasteiger partial charge is 0.478 e. The van der Waals surface area contributed by atoms with E-state index in [1.165, 1.54) is 24.3 Å². The Balaban J connectivity index is 1.93. The molecule has 0 saturated heterocycles. The summed E-state index contributed by atoms with van der Waals surface area (Å²) in [6, 6.07) is 7.40. The molecule has 1 aromatic carbocycles. The minimum absolute atomic E-state index is 0.0372. The Morgan fingerprint density at radius 2 is 1.93 bits per heavy atom. The number of halogens is 1. The van der Waals surface area contributed by atoms with Crippen LogP contribution in [0.1, 0.15) is 21.8 Å². The number of hydrogen-bond donors (Lipinski definition) is 3. The highest BCUT2D eigenvalue weighted by atomic mass is 35.5. The van der Waals surface area contributed by atoms with Crippen molar-refractivity contribution in [3.8, 4) is 11.3 Å². The summed E-state index contributed by atoms with van der Waals surface area (Å²) in [6.07, 6.45) is 2.49. The summed E-state index contributed by atoms with van der Waals surface area (Å²) in [5.74, 6) is -0.524. The summed E-state index contributed by atoms with van der Waals surface area (Å²) in [5, 5.41) is 20.0. The van der Waals surface area contributed by atoms with Crippen LogP contribution in [-0.2, 0) is 0 Å². The number of H-pyrrole nitrogens is 2. The highest BCUT2D eigenvalue weighted by molar-refractivity contribution is 6.33. The number of nitrogens with zero attached hydrogens (tertiary/aromatic N) is 1. The lowest BCUT2D eigenvalue weighted by Crippen LogP contribution is -2.25. The summed E-state index contributed by atoms with van der Waals surface area (Å²) in [6.45, 7) is 0. The molecule has 3 N–H and O–H groups in total. The van der Waals surface area contributed by atoms with Crippen LogP contribution in [0.4, 0.5) is 5.69 Å². The third kappa shape index (κ3) is 3.76. The topological polar surface area (TPSA) is 159 Å². The summed E-state index contributed by atoms with van der Waals surface area (Å²) in [5.41, 5.74) is -2.64. The number of nitro groups is 1. The summed E-state index contributed by atoms with van der Waals surface area (Å²) < 4.78 is 5.57. The van der Waals surface area contributed by atoms with Crippen LogP contribution in [0.15, 0.2) is 44.3 Å². The number of aromatic amines is 2. The standard InChI is InChI=1S/C17H10ClN3O7/c18-11-7-8(1-4-10(11)16(23)24)13-6-3-9(28-13)2-5-12-14(21(26)27)15(22)20-17(25)19-12/h1-7H,(H,23,24)(H2,19,20,22,25)/b5-2+. The predicted molar refractivity (Wildman–Crippen MR) is 99.4 cm³/mol. The van der Waals surface area contributed by atoms with Crippen LogP contribution >= 0.6 is 11.6 Å². The molecule has 11 heteroatoms. The number of aromatic carboxylic acids is 1. The summed E-state index contributed by atoms with van der Waals surface area (Å²) in [7, 11) is 0. The maximum absolute atomic E-state index is 11.6. The maximum atomic E-state index is 11.6. The van der Waals surface area contributed by atoms with Crippen LogP contribution in [0.2, 0.25) is 5.02 Å². The molecule has 2 heterocycles. The molecule has 0 aliphatic rings. The smallest absolute Gasteiger partial charge is 0.357 e. The lowest BCUT2D eigenvalue weighted by molar-refractivity contribution is -0.386. The van der Waals surface area contributed by atoms with Gasteiger partial charge in [-0.1, -0.05) is 17.7 Å². The number of carbonyl (C=O) groups is 1. The van der Waals surface area contributed by atoms with Crippen molar-refractivity contribution >= 4 is 35.4 Å². The highest BCUT2D eigenvalue weighted by Crippen LogP contribution is 2.28. The van der Waals surface area contributed by atoms with E-state index >= 15 is 0 Å². The van der Waals surface area contributed by atoms with Crippen molar-refractivity contribution < 1.29 is 19.2 Å². The van der Waals surface area contributed by atoms with Crippen molar-refractivity contribution in [2.24, 2.45) is 0 Å². The number of furan rings is 1. The molecule has 142 valence electrons. The predicted octanol–water partition coefficient (Wildman–Crippen LogP) is 2.75. The first-order valence-electron chi connectivity index (χ1n) is 7.58. The first kappa shape index (κ1) is 18.9. The molecule has 0 fully saturated rings. The van der Waals surface area contributed by atoms with Gasteiger partial charge in [-0.15, -0.1) is 0 Å². The molecular weight excluding hydrogens is 394 g/mol. The number of nitrogens with one attached hydrogen (secondary N) is 2. The van der Waals surface area contributed by atoms with Gasteiger partial charge in [0.2, 0.25) is 0 Å². The second kappa shape index (κ2) is 7.37. The van der Waals surface area contributed by atoms with E-state index < -0.39 is 27.8 Å². The molecule has 2 aromatic heterocycles. The van der Waals surface area contributed by atoms with Crippen LogP contribution in [-0.4, -0.2) is 26.0 Å². The monoisotopic (exact) mass is 403 g/mol. The van der Waals surface area contributed by atoms with E-state index in [0.29, 0.717) is 11.3 Å². The van der Waals surface area contributed by atoms with Crippen molar-refractivity contribution in [2.75, 3.05) is 0 Å². The molecule has 0 spiro atoms. The molecule has 28 heavy (non-hydrogen) atoms. The van der Waals surface area contributed by atoms with E-state index in [-0.39, 0.29) is 22.0 Å². The van der Waals surface area contributed by atoms with Gasteiger partial charge in [0.05, 0.1) is 15.5 Å². The average molecular weight is 404 g/mol. The van der Waals surface area contributed by atoms with Crippen LogP contribution < -0.4 is 11.2 Å². The Morgan fingerprint density at radius 1 is 1.18 bits per heavy atom. The van der Waals surface area contributed by atoms with Crippen molar-refractivity contribution in [1.82, 2.24) is 9.97 Å². The minimum Gasteiger partial charge on any atom is -0.478 e. The van der Waals surface area contributed by atoms with E-state index in [4.69, 9.17) is 21.1 Å². The molecule has 0 unspecified atom stereocenters. The van der Waals surface area contributed by atoms with Crippen LogP contribution in [0.5, 0.6) is 0 Å². The molecule has 0 aliphatic carbocycles. The van der Waals surface area contributed by atoms with E-state index in [2.05, 4.69) is 4.98 Å². The molecule has 3 aromatic rings. The van der Waals surface area contributed by atoms with Gasteiger partial charge in [-0.2, -0.15) is 0 Å². The van der Waals surface area contributed by atoms with Gasteiger partial charge < -0.3 is 14.5 Å². The number of carboxylic acids is 1. The third-order valence-electron chi connectivity index (χ3n) is 3.65. The van der Waals surface area contributed by atoms with Gasteiger partial charge in [-0.05, 0) is 36.4 Å². The zero-order chi connectivity index (χ0) is 20.4. The molecule has 3 rings (SSSR count). The minimum atomic E-state index is -1.16. The first-order chi connectivity index (χ1) is 13.3. The number of benzene rings is 1. The first-order valence-corrected chi connectivity index (χ1v) is 7.96. The zero-order valence-corrected chi connectivity index (χ0v) is 14.5. The summed E-state index contributed by atoms with van der Waals surface area (Å²) >= 11 is 5.93. The second-order valence-corrected chi connectivity index (χ2v) is 5.87. The number of carboxylic acid groups (broad SMARTS) is 1. The van der Waals surface area contributed by atoms with E-state index in [1.54, 1.807) is 17.1 Å². The quantitative estimate of drug-likeness (QED) is 0.436. The van der Waals surface area contributed by atoms with Gasteiger partial charge in [-0.3, -0.25) is 19.9 Å². The van der Waals surface area contributed by atoms with Gasteiger partial charge in [0.25, 0.3) is 0 Å². The van der Waals surface area contributed by atoms with Crippen molar-refractivity contribution in [3.05, 3.63) is 83.3 Å². The third-order valence-corrected chi connectivity index (χ3v) is 3.97.